The highest BCUT2D eigenvalue weighted by Crippen LogP contribution is 2.28. The monoisotopic (exact) mass is 331 g/mol. The van der Waals surface area contributed by atoms with E-state index in [4.69, 9.17) is 0 Å². The highest BCUT2D eigenvalue weighted by molar-refractivity contribution is 5.98. The number of rotatable bonds is 3. The van der Waals surface area contributed by atoms with Crippen LogP contribution < -0.4 is 16.2 Å². The van der Waals surface area contributed by atoms with Gasteiger partial charge in [-0.05, 0) is 28.5 Å². The zero-order valence-corrected chi connectivity index (χ0v) is 13.4. The minimum Gasteiger partial charge on any atom is -0.338 e. The summed E-state index contributed by atoms with van der Waals surface area (Å²) >= 11 is 0. The fourth-order valence-electron chi connectivity index (χ4n) is 3.20. The van der Waals surface area contributed by atoms with Crippen LogP contribution in [0.4, 0.5) is 0 Å². The van der Waals surface area contributed by atoms with Crippen molar-refractivity contribution in [2.45, 2.75) is 12.1 Å². The molecule has 0 saturated carbocycles. The second kappa shape index (κ2) is 6.37. The molecule has 1 fully saturated rings. The number of hydrogen-bond donors (Lipinski definition) is 3. The van der Waals surface area contributed by atoms with E-state index in [0.717, 1.165) is 16.3 Å². The average Bonchev–Trinajstić information content (AvgIpc) is 3.02. The molecule has 2 atom stereocenters. The fourth-order valence-corrected chi connectivity index (χ4v) is 3.20. The Morgan fingerprint density at radius 2 is 1.60 bits per heavy atom. The van der Waals surface area contributed by atoms with Crippen LogP contribution in [0, 0.1) is 0 Å². The summed E-state index contributed by atoms with van der Waals surface area (Å²) in [5.74, 6) is -0.517. The van der Waals surface area contributed by atoms with Crippen molar-refractivity contribution in [3.8, 4) is 0 Å². The molecule has 2 amide bonds. The summed E-state index contributed by atoms with van der Waals surface area (Å²) in [5.41, 5.74) is 7.14. The van der Waals surface area contributed by atoms with Crippen molar-refractivity contribution in [2.24, 2.45) is 0 Å². The van der Waals surface area contributed by atoms with Crippen LogP contribution >= 0.6 is 0 Å². The van der Waals surface area contributed by atoms with Gasteiger partial charge >= 0.3 is 0 Å². The van der Waals surface area contributed by atoms with Crippen LogP contribution in [0.5, 0.6) is 0 Å². The quantitative estimate of drug-likeness (QED) is 0.690. The van der Waals surface area contributed by atoms with Crippen LogP contribution in [-0.2, 0) is 4.79 Å². The maximum absolute atomic E-state index is 12.5. The molecular formula is C20H17N3O2. The van der Waals surface area contributed by atoms with Crippen LogP contribution in [0.25, 0.3) is 10.8 Å². The minimum atomic E-state index is -0.682. The highest BCUT2D eigenvalue weighted by atomic mass is 16.2. The van der Waals surface area contributed by atoms with E-state index in [1.54, 1.807) is 24.3 Å². The molecule has 4 rings (SSSR count). The molecule has 0 aliphatic carbocycles. The number of fused-ring (bicyclic) bond motifs is 1. The molecule has 3 aromatic carbocycles. The lowest BCUT2D eigenvalue weighted by Crippen LogP contribution is -2.42. The maximum atomic E-state index is 12.5. The molecule has 0 unspecified atom stereocenters. The van der Waals surface area contributed by atoms with Crippen molar-refractivity contribution in [1.82, 2.24) is 16.2 Å². The topological polar surface area (TPSA) is 70.2 Å². The van der Waals surface area contributed by atoms with Crippen molar-refractivity contribution in [3.63, 3.8) is 0 Å². The van der Waals surface area contributed by atoms with Crippen LogP contribution in [0.2, 0.25) is 0 Å². The number of carbonyl (C=O) groups is 2. The van der Waals surface area contributed by atoms with Crippen molar-refractivity contribution in [1.29, 1.82) is 0 Å². The van der Waals surface area contributed by atoms with E-state index < -0.39 is 6.04 Å². The first-order chi connectivity index (χ1) is 12.2. The van der Waals surface area contributed by atoms with E-state index in [1.807, 2.05) is 48.5 Å². The smallest absolute Gasteiger partial charge is 0.258 e. The number of carbonyl (C=O) groups excluding carboxylic acids is 2. The summed E-state index contributed by atoms with van der Waals surface area (Å²) in [4.78, 5) is 24.7. The molecule has 1 aliphatic heterocycles. The van der Waals surface area contributed by atoms with Crippen LogP contribution in [0.15, 0.2) is 72.8 Å². The summed E-state index contributed by atoms with van der Waals surface area (Å²) in [6, 6.07) is 21.8. The molecule has 5 heteroatoms. The molecule has 3 N–H and O–H groups in total. The lowest BCUT2D eigenvalue weighted by Gasteiger charge is -2.20. The van der Waals surface area contributed by atoms with Gasteiger partial charge < -0.3 is 5.32 Å². The van der Waals surface area contributed by atoms with Gasteiger partial charge in [0.25, 0.3) is 11.8 Å². The Balaban J connectivity index is 1.67. The average molecular weight is 331 g/mol. The van der Waals surface area contributed by atoms with Crippen LogP contribution in [-0.4, -0.2) is 17.9 Å². The van der Waals surface area contributed by atoms with E-state index >= 15 is 0 Å². The van der Waals surface area contributed by atoms with Crippen LogP contribution in [0.1, 0.15) is 22.0 Å². The number of hydrazine groups is 1. The summed E-state index contributed by atoms with van der Waals surface area (Å²) in [5, 5.41) is 4.99. The van der Waals surface area contributed by atoms with Gasteiger partial charge in [0, 0.05) is 5.56 Å². The Morgan fingerprint density at radius 1 is 0.880 bits per heavy atom. The number of hydrogen-bond acceptors (Lipinski definition) is 3. The molecule has 5 nitrogen and oxygen atoms in total. The molecular weight excluding hydrogens is 314 g/mol. The van der Waals surface area contributed by atoms with Crippen molar-refractivity contribution >= 4 is 22.6 Å². The predicted molar refractivity (Wildman–Crippen MR) is 95.7 cm³/mol. The second-order valence-corrected chi connectivity index (χ2v) is 6.00. The largest absolute Gasteiger partial charge is 0.338 e. The second-order valence-electron chi connectivity index (χ2n) is 6.00. The molecule has 0 spiro atoms. The summed E-state index contributed by atoms with van der Waals surface area (Å²) < 4.78 is 0. The SMILES string of the molecule is O=C(N[C@H]1C(=O)NN[C@@H]1c1cccc2ccccc12)c1ccccc1. The van der Waals surface area contributed by atoms with Crippen LogP contribution in [0.3, 0.4) is 0 Å². The molecule has 124 valence electrons. The summed E-state index contributed by atoms with van der Waals surface area (Å²) in [7, 11) is 0. The fraction of sp³-hybridized carbons (Fsp3) is 0.100. The molecule has 1 saturated heterocycles. The first-order valence-corrected chi connectivity index (χ1v) is 8.13. The molecule has 25 heavy (non-hydrogen) atoms. The summed E-state index contributed by atoms with van der Waals surface area (Å²) in [6.45, 7) is 0. The van der Waals surface area contributed by atoms with Crippen molar-refractivity contribution < 1.29 is 9.59 Å². The zero-order valence-electron chi connectivity index (χ0n) is 13.4. The third-order valence-electron chi connectivity index (χ3n) is 4.45. The van der Waals surface area contributed by atoms with Crippen molar-refractivity contribution in [2.75, 3.05) is 0 Å². The Hall–Kier alpha value is -3.18. The van der Waals surface area contributed by atoms with Crippen molar-refractivity contribution in [3.05, 3.63) is 83.9 Å². The van der Waals surface area contributed by atoms with E-state index in [1.165, 1.54) is 0 Å². The van der Waals surface area contributed by atoms with E-state index in [9.17, 15) is 9.59 Å². The first-order valence-electron chi connectivity index (χ1n) is 8.13. The lowest BCUT2D eigenvalue weighted by atomic mass is 9.95. The molecule has 0 radical (unpaired) electrons. The molecule has 0 bridgehead atoms. The maximum Gasteiger partial charge on any atom is 0.258 e. The Labute approximate surface area is 145 Å². The number of benzene rings is 3. The normalized spacial score (nSPS) is 19.6. The van der Waals surface area contributed by atoms with Gasteiger partial charge in [0.05, 0.1) is 6.04 Å². The molecule has 1 aliphatic rings. The third-order valence-corrected chi connectivity index (χ3v) is 4.45. The Morgan fingerprint density at radius 3 is 2.44 bits per heavy atom. The standard InChI is InChI=1S/C20H17N3O2/c24-19(14-8-2-1-3-9-14)21-18-17(22-23-20(18)25)16-12-6-10-13-7-4-5-11-15(13)16/h1-12,17-18,22H,(H,21,24)(H,23,25)/t17-,18-/m1/s1. The van der Waals surface area contributed by atoms with Gasteiger partial charge in [-0.1, -0.05) is 60.7 Å². The predicted octanol–water partition coefficient (Wildman–Crippen LogP) is 2.31. The highest BCUT2D eigenvalue weighted by Gasteiger charge is 2.37. The van der Waals surface area contributed by atoms with Gasteiger partial charge in [0.1, 0.15) is 6.04 Å². The number of amides is 2. The first kappa shape index (κ1) is 15.4. The van der Waals surface area contributed by atoms with Gasteiger partial charge in [-0.2, -0.15) is 0 Å². The van der Waals surface area contributed by atoms with E-state index in [0.29, 0.717) is 5.56 Å². The molecule has 1 heterocycles. The molecule has 3 aromatic rings. The molecule has 0 aromatic heterocycles. The van der Waals surface area contributed by atoms with Gasteiger partial charge in [0.2, 0.25) is 0 Å². The van der Waals surface area contributed by atoms with Gasteiger partial charge in [-0.25, -0.2) is 5.43 Å². The zero-order chi connectivity index (χ0) is 17.2. The summed E-state index contributed by atoms with van der Waals surface area (Å²) in [6.07, 6.45) is 0. The van der Waals surface area contributed by atoms with Gasteiger partial charge in [-0.15, -0.1) is 0 Å². The minimum absolute atomic E-state index is 0.248. The third kappa shape index (κ3) is 2.86. The lowest BCUT2D eigenvalue weighted by molar-refractivity contribution is -0.121. The van der Waals surface area contributed by atoms with E-state index in [2.05, 4.69) is 16.2 Å². The van der Waals surface area contributed by atoms with E-state index in [-0.39, 0.29) is 17.9 Å². The Kier molecular flexibility index (Phi) is 3.91. The van der Waals surface area contributed by atoms with Gasteiger partial charge in [-0.3, -0.25) is 15.0 Å². The Bertz CT molecular complexity index is 935. The van der Waals surface area contributed by atoms with Gasteiger partial charge in [0.15, 0.2) is 0 Å². The number of nitrogens with one attached hydrogen (secondary N) is 3.